The fraction of sp³-hybridized carbons (Fsp3) is 0.895. The van der Waals surface area contributed by atoms with Crippen molar-refractivity contribution < 1.29 is 9.59 Å². The molecule has 5 rings (SSSR count). The quantitative estimate of drug-likeness (QED) is 0.831. The SMILES string of the molecule is CCCNC(=O)C1CCCN1C(=O)NC12CC3CC(CC(C3)C1)C2. The Morgan fingerprint density at radius 1 is 1.08 bits per heavy atom. The van der Waals surface area contributed by atoms with Gasteiger partial charge in [-0.25, -0.2) is 4.79 Å². The maximum Gasteiger partial charge on any atom is 0.318 e. The summed E-state index contributed by atoms with van der Waals surface area (Å²) in [4.78, 5) is 27.1. The van der Waals surface area contributed by atoms with E-state index >= 15 is 0 Å². The van der Waals surface area contributed by atoms with E-state index in [1.165, 1.54) is 19.3 Å². The summed E-state index contributed by atoms with van der Waals surface area (Å²) >= 11 is 0. The number of nitrogens with zero attached hydrogens (tertiary/aromatic N) is 1. The van der Waals surface area contributed by atoms with E-state index in [0.29, 0.717) is 13.1 Å². The molecule has 0 spiro atoms. The lowest BCUT2D eigenvalue weighted by Crippen LogP contribution is -2.62. The molecule has 5 aliphatic rings. The molecule has 4 bridgehead atoms. The fourth-order valence-corrected chi connectivity index (χ4v) is 6.21. The first kappa shape index (κ1) is 16.2. The summed E-state index contributed by atoms with van der Waals surface area (Å²) in [6.07, 6.45) is 10.3. The minimum absolute atomic E-state index is 0.00565. The summed E-state index contributed by atoms with van der Waals surface area (Å²) in [6.45, 7) is 3.45. The topological polar surface area (TPSA) is 61.4 Å². The first-order valence-electron chi connectivity index (χ1n) is 9.95. The first-order valence-corrected chi connectivity index (χ1v) is 9.95. The summed E-state index contributed by atoms with van der Waals surface area (Å²) in [6, 6.07) is -0.267. The van der Waals surface area contributed by atoms with Crippen LogP contribution in [0.2, 0.25) is 0 Å². The van der Waals surface area contributed by atoms with Crippen molar-refractivity contribution in [3.63, 3.8) is 0 Å². The Hall–Kier alpha value is -1.26. The van der Waals surface area contributed by atoms with Gasteiger partial charge < -0.3 is 15.5 Å². The second kappa shape index (κ2) is 6.23. The molecule has 4 saturated carbocycles. The molecular weight excluding hydrogens is 302 g/mol. The van der Waals surface area contributed by atoms with Gasteiger partial charge >= 0.3 is 6.03 Å². The maximum absolute atomic E-state index is 13.0. The lowest BCUT2D eigenvalue weighted by molar-refractivity contribution is -0.124. The Morgan fingerprint density at radius 3 is 2.29 bits per heavy atom. The summed E-state index contributed by atoms with van der Waals surface area (Å²) < 4.78 is 0. The number of amides is 3. The average Bonchev–Trinajstić information content (AvgIpc) is 3.00. The summed E-state index contributed by atoms with van der Waals surface area (Å²) in [7, 11) is 0. The number of rotatable bonds is 4. The van der Waals surface area contributed by atoms with Crippen molar-refractivity contribution in [3.8, 4) is 0 Å². The highest BCUT2D eigenvalue weighted by Gasteiger charge is 2.52. The van der Waals surface area contributed by atoms with Crippen molar-refractivity contribution in [1.82, 2.24) is 15.5 Å². The number of likely N-dealkylation sites (tertiary alicyclic amines) is 1. The van der Waals surface area contributed by atoms with Gasteiger partial charge in [0.2, 0.25) is 5.91 Å². The Labute approximate surface area is 144 Å². The molecule has 0 aromatic carbocycles. The second-order valence-corrected chi connectivity index (χ2v) is 8.77. The highest BCUT2D eigenvalue weighted by atomic mass is 16.2. The van der Waals surface area contributed by atoms with Crippen LogP contribution in [0, 0.1) is 17.8 Å². The molecule has 1 atom stereocenters. The molecule has 1 heterocycles. The van der Waals surface area contributed by atoms with Crippen molar-refractivity contribution in [3.05, 3.63) is 0 Å². The highest BCUT2D eigenvalue weighted by molar-refractivity contribution is 5.87. The lowest BCUT2D eigenvalue weighted by atomic mass is 9.53. The number of carbonyl (C=O) groups excluding carboxylic acids is 2. The van der Waals surface area contributed by atoms with Crippen LogP contribution in [0.5, 0.6) is 0 Å². The minimum Gasteiger partial charge on any atom is -0.354 e. The normalized spacial score (nSPS) is 40.0. The maximum atomic E-state index is 13.0. The van der Waals surface area contributed by atoms with Crippen LogP contribution in [0.4, 0.5) is 4.79 Å². The van der Waals surface area contributed by atoms with E-state index in [2.05, 4.69) is 10.6 Å². The van der Waals surface area contributed by atoms with E-state index in [0.717, 1.165) is 56.3 Å². The molecule has 1 saturated heterocycles. The molecule has 134 valence electrons. The van der Waals surface area contributed by atoms with Gasteiger partial charge in [0.1, 0.15) is 6.04 Å². The zero-order valence-corrected chi connectivity index (χ0v) is 14.9. The van der Waals surface area contributed by atoms with Crippen molar-refractivity contribution in [2.75, 3.05) is 13.1 Å². The third-order valence-corrected chi connectivity index (χ3v) is 6.78. The Morgan fingerprint density at radius 2 is 1.71 bits per heavy atom. The molecule has 5 nitrogen and oxygen atoms in total. The Kier molecular flexibility index (Phi) is 4.21. The molecule has 0 aromatic rings. The summed E-state index contributed by atoms with van der Waals surface area (Å²) in [5.74, 6) is 2.48. The van der Waals surface area contributed by atoms with Crippen LogP contribution < -0.4 is 10.6 Å². The number of carbonyl (C=O) groups is 2. The Bertz CT molecular complexity index is 483. The predicted molar refractivity (Wildman–Crippen MR) is 92.5 cm³/mol. The zero-order valence-electron chi connectivity index (χ0n) is 14.9. The molecular formula is C19H31N3O2. The van der Waals surface area contributed by atoms with Crippen LogP contribution in [-0.2, 0) is 4.79 Å². The first-order chi connectivity index (χ1) is 11.6. The molecule has 5 fully saturated rings. The molecule has 4 aliphatic carbocycles. The van der Waals surface area contributed by atoms with Gasteiger partial charge in [-0.05, 0) is 75.5 Å². The summed E-state index contributed by atoms with van der Waals surface area (Å²) in [5, 5.41) is 6.37. The second-order valence-electron chi connectivity index (χ2n) is 8.77. The van der Waals surface area contributed by atoms with Gasteiger partial charge in [0.05, 0.1) is 0 Å². The Balaban J connectivity index is 1.41. The van der Waals surface area contributed by atoms with E-state index in [-0.39, 0.29) is 23.5 Å². The molecule has 5 heteroatoms. The van der Waals surface area contributed by atoms with Gasteiger partial charge in [-0.2, -0.15) is 0 Å². The van der Waals surface area contributed by atoms with Crippen LogP contribution >= 0.6 is 0 Å². The van der Waals surface area contributed by atoms with Gasteiger partial charge in [0.15, 0.2) is 0 Å². The van der Waals surface area contributed by atoms with Gasteiger partial charge in [-0.15, -0.1) is 0 Å². The highest BCUT2D eigenvalue weighted by Crippen LogP contribution is 2.55. The van der Waals surface area contributed by atoms with Crippen LogP contribution in [-0.4, -0.2) is 41.5 Å². The molecule has 24 heavy (non-hydrogen) atoms. The number of nitrogens with one attached hydrogen (secondary N) is 2. The van der Waals surface area contributed by atoms with Crippen molar-refractivity contribution in [1.29, 1.82) is 0 Å². The van der Waals surface area contributed by atoms with Crippen LogP contribution in [0.15, 0.2) is 0 Å². The molecule has 0 aromatic heterocycles. The van der Waals surface area contributed by atoms with Gasteiger partial charge in [-0.3, -0.25) is 4.79 Å². The molecule has 1 aliphatic heterocycles. The minimum atomic E-state index is -0.273. The average molecular weight is 333 g/mol. The fourth-order valence-electron chi connectivity index (χ4n) is 6.21. The molecule has 0 radical (unpaired) electrons. The largest absolute Gasteiger partial charge is 0.354 e. The number of hydrogen-bond donors (Lipinski definition) is 2. The standard InChI is InChI=1S/C19H31N3O2/c1-2-5-20-17(23)16-4-3-6-22(16)18(24)21-19-10-13-7-14(11-19)9-15(8-13)12-19/h13-16H,2-12H2,1H3,(H,20,23)(H,21,24). The zero-order chi connectivity index (χ0) is 16.7. The van der Waals surface area contributed by atoms with Crippen molar-refractivity contribution >= 4 is 11.9 Å². The van der Waals surface area contributed by atoms with E-state index in [4.69, 9.17) is 0 Å². The third-order valence-electron chi connectivity index (χ3n) is 6.78. The van der Waals surface area contributed by atoms with Crippen molar-refractivity contribution in [2.24, 2.45) is 17.8 Å². The van der Waals surface area contributed by atoms with E-state index in [1.807, 2.05) is 6.92 Å². The summed E-state index contributed by atoms with van der Waals surface area (Å²) in [5.41, 5.74) is 0.0267. The lowest BCUT2D eigenvalue weighted by Gasteiger charge is -2.57. The smallest absolute Gasteiger partial charge is 0.318 e. The van der Waals surface area contributed by atoms with E-state index < -0.39 is 0 Å². The van der Waals surface area contributed by atoms with Crippen LogP contribution in [0.25, 0.3) is 0 Å². The third kappa shape index (κ3) is 2.91. The van der Waals surface area contributed by atoms with Gasteiger partial charge in [-0.1, -0.05) is 6.92 Å². The van der Waals surface area contributed by atoms with Gasteiger partial charge in [0, 0.05) is 18.6 Å². The van der Waals surface area contributed by atoms with Crippen LogP contribution in [0.1, 0.15) is 64.7 Å². The van der Waals surface area contributed by atoms with E-state index in [9.17, 15) is 9.59 Å². The number of hydrogen-bond acceptors (Lipinski definition) is 2. The molecule has 3 amide bonds. The monoisotopic (exact) mass is 333 g/mol. The van der Waals surface area contributed by atoms with Crippen molar-refractivity contribution in [2.45, 2.75) is 76.3 Å². The predicted octanol–water partition coefficient (Wildman–Crippen LogP) is 2.66. The molecule has 2 N–H and O–H groups in total. The van der Waals surface area contributed by atoms with Crippen LogP contribution in [0.3, 0.4) is 0 Å². The number of urea groups is 1. The van der Waals surface area contributed by atoms with E-state index in [1.54, 1.807) is 4.90 Å². The van der Waals surface area contributed by atoms with Gasteiger partial charge in [0.25, 0.3) is 0 Å². The molecule has 1 unspecified atom stereocenters.